The van der Waals surface area contributed by atoms with Gasteiger partial charge in [-0.15, -0.1) is 0 Å². The molecule has 1 aliphatic rings. The van der Waals surface area contributed by atoms with E-state index in [1.807, 2.05) is 61.5 Å². The predicted octanol–water partition coefficient (Wildman–Crippen LogP) is 4.51. The molecule has 0 aromatic heterocycles. The maximum atomic E-state index is 12.3. The number of rotatable bonds is 7. The van der Waals surface area contributed by atoms with Crippen molar-refractivity contribution in [1.29, 1.82) is 0 Å². The van der Waals surface area contributed by atoms with E-state index in [0.717, 1.165) is 29.8 Å². The smallest absolute Gasteiger partial charge is 0.242 e. The Bertz CT molecular complexity index is 679. The third-order valence-corrected chi connectivity index (χ3v) is 4.83. The second kappa shape index (κ2) is 9.27. The summed E-state index contributed by atoms with van der Waals surface area (Å²) < 4.78 is 5.79. The molecular weight excluding hydrogens is 324 g/mol. The fourth-order valence-corrected chi connectivity index (χ4v) is 3.28. The van der Waals surface area contributed by atoms with Gasteiger partial charge in [-0.3, -0.25) is 4.79 Å². The van der Waals surface area contributed by atoms with Crippen LogP contribution < -0.4 is 15.4 Å². The molecule has 2 N–H and O–H groups in total. The molecule has 0 aliphatic heterocycles. The monoisotopic (exact) mass is 352 g/mol. The van der Waals surface area contributed by atoms with Crippen LogP contribution in [0.5, 0.6) is 5.75 Å². The van der Waals surface area contributed by atoms with Crippen LogP contribution in [0.4, 0.5) is 5.69 Å². The van der Waals surface area contributed by atoms with E-state index in [0.29, 0.717) is 12.6 Å². The molecule has 1 aliphatic carbocycles. The van der Waals surface area contributed by atoms with Gasteiger partial charge in [-0.2, -0.15) is 0 Å². The first kappa shape index (κ1) is 18.3. The van der Waals surface area contributed by atoms with Crippen LogP contribution in [0.15, 0.2) is 54.6 Å². The van der Waals surface area contributed by atoms with Crippen LogP contribution in [-0.2, 0) is 11.4 Å². The molecule has 0 bridgehead atoms. The zero-order valence-electron chi connectivity index (χ0n) is 15.4. The van der Waals surface area contributed by atoms with Crippen LogP contribution in [0.25, 0.3) is 0 Å². The van der Waals surface area contributed by atoms with Gasteiger partial charge < -0.3 is 15.4 Å². The Morgan fingerprint density at radius 1 is 1.04 bits per heavy atom. The molecule has 0 radical (unpaired) electrons. The molecule has 2 aromatic rings. The molecule has 1 saturated carbocycles. The number of hydrogen-bond donors (Lipinski definition) is 2. The molecule has 1 fully saturated rings. The van der Waals surface area contributed by atoms with Crippen molar-refractivity contribution in [2.24, 2.45) is 0 Å². The summed E-state index contributed by atoms with van der Waals surface area (Å²) in [4.78, 5) is 12.3. The Kier molecular flexibility index (Phi) is 6.53. The van der Waals surface area contributed by atoms with Gasteiger partial charge in [0, 0.05) is 11.7 Å². The van der Waals surface area contributed by atoms with E-state index in [9.17, 15) is 4.79 Å². The van der Waals surface area contributed by atoms with Crippen molar-refractivity contribution in [1.82, 2.24) is 5.32 Å². The molecular formula is C22H28N2O2. The highest BCUT2D eigenvalue weighted by Gasteiger charge is 2.19. The summed E-state index contributed by atoms with van der Waals surface area (Å²) in [7, 11) is 0. The van der Waals surface area contributed by atoms with Gasteiger partial charge in [-0.05, 0) is 49.6 Å². The van der Waals surface area contributed by atoms with Crippen LogP contribution in [0.2, 0.25) is 0 Å². The molecule has 0 unspecified atom stereocenters. The van der Waals surface area contributed by atoms with Crippen LogP contribution in [0.1, 0.15) is 44.6 Å². The van der Waals surface area contributed by atoms with Crippen LogP contribution in [-0.4, -0.2) is 18.0 Å². The lowest BCUT2D eigenvalue weighted by molar-refractivity contribution is -0.122. The quantitative estimate of drug-likeness (QED) is 0.770. The first-order valence-electron chi connectivity index (χ1n) is 9.54. The first-order valence-corrected chi connectivity index (χ1v) is 9.54. The fourth-order valence-electron chi connectivity index (χ4n) is 3.28. The summed E-state index contributed by atoms with van der Waals surface area (Å²) in [5.74, 6) is 0.889. The van der Waals surface area contributed by atoms with Crippen molar-refractivity contribution >= 4 is 11.6 Å². The Morgan fingerprint density at radius 2 is 1.73 bits per heavy atom. The predicted molar refractivity (Wildman–Crippen MR) is 105 cm³/mol. The second-order valence-electron chi connectivity index (χ2n) is 7.01. The lowest BCUT2D eigenvalue weighted by Gasteiger charge is -2.25. The van der Waals surface area contributed by atoms with E-state index in [-0.39, 0.29) is 11.9 Å². The molecule has 0 spiro atoms. The van der Waals surface area contributed by atoms with Gasteiger partial charge >= 0.3 is 0 Å². The van der Waals surface area contributed by atoms with E-state index < -0.39 is 0 Å². The number of carbonyl (C=O) groups is 1. The maximum Gasteiger partial charge on any atom is 0.242 e. The number of ether oxygens (including phenoxy) is 1. The standard InChI is InChI=1S/C22H28N2O2/c1-17(22(25)24-19-10-6-3-7-11-19)23-20-12-14-21(15-13-20)26-16-18-8-4-2-5-9-18/h2,4-5,8-9,12-15,17,19,23H,3,6-7,10-11,16H2,1H3,(H,24,25)/t17-/m0/s1. The summed E-state index contributed by atoms with van der Waals surface area (Å²) in [6, 6.07) is 17.9. The molecule has 138 valence electrons. The summed E-state index contributed by atoms with van der Waals surface area (Å²) in [6.45, 7) is 2.45. The van der Waals surface area contributed by atoms with Crippen LogP contribution in [0.3, 0.4) is 0 Å². The van der Waals surface area contributed by atoms with E-state index in [2.05, 4.69) is 10.6 Å². The lowest BCUT2D eigenvalue weighted by Crippen LogP contribution is -2.43. The molecule has 0 saturated heterocycles. The highest BCUT2D eigenvalue weighted by atomic mass is 16.5. The fraction of sp³-hybridized carbons (Fsp3) is 0.409. The van der Waals surface area contributed by atoms with Gasteiger partial charge in [-0.1, -0.05) is 49.6 Å². The van der Waals surface area contributed by atoms with Crippen LogP contribution >= 0.6 is 0 Å². The summed E-state index contributed by atoms with van der Waals surface area (Å²) in [6.07, 6.45) is 5.94. The van der Waals surface area contributed by atoms with Gasteiger partial charge in [-0.25, -0.2) is 0 Å². The zero-order chi connectivity index (χ0) is 18.2. The summed E-state index contributed by atoms with van der Waals surface area (Å²) in [5, 5.41) is 6.43. The van der Waals surface area contributed by atoms with Gasteiger partial charge in [0.2, 0.25) is 5.91 Å². The molecule has 3 rings (SSSR count). The number of hydrogen-bond acceptors (Lipinski definition) is 3. The van der Waals surface area contributed by atoms with E-state index >= 15 is 0 Å². The van der Waals surface area contributed by atoms with Crippen molar-refractivity contribution in [3.8, 4) is 5.75 Å². The van der Waals surface area contributed by atoms with Crippen molar-refractivity contribution in [3.63, 3.8) is 0 Å². The first-order chi connectivity index (χ1) is 12.7. The Hall–Kier alpha value is -2.49. The van der Waals surface area contributed by atoms with Gasteiger partial charge in [0.1, 0.15) is 18.4 Å². The molecule has 2 aromatic carbocycles. The van der Waals surface area contributed by atoms with Gasteiger partial charge in [0.25, 0.3) is 0 Å². The topological polar surface area (TPSA) is 50.4 Å². The number of nitrogens with one attached hydrogen (secondary N) is 2. The highest BCUT2D eigenvalue weighted by Crippen LogP contribution is 2.19. The summed E-state index contributed by atoms with van der Waals surface area (Å²) in [5.41, 5.74) is 2.06. The van der Waals surface area contributed by atoms with Crippen molar-refractivity contribution in [3.05, 3.63) is 60.2 Å². The minimum absolute atomic E-state index is 0.0707. The van der Waals surface area contributed by atoms with E-state index in [1.165, 1.54) is 19.3 Å². The Balaban J connectivity index is 1.46. The minimum Gasteiger partial charge on any atom is -0.489 e. The molecule has 26 heavy (non-hydrogen) atoms. The highest BCUT2D eigenvalue weighted by molar-refractivity contribution is 5.84. The molecule has 1 atom stereocenters. The summed E-state index contributed by atoms with van der Waals surface area (Å²) >= 11 is 0. The second-order valence-corrected chi connectivity index (χ2v) is 7.01. The van der Waals surface area contributed by atoms with Crippen LogP contribution in [0, 0.1) is 0 Å². The lowest BCUT2D eigenvalue weighted by atomic mass is 9.95. The Morgan fingerprint density at radius 3 is 2.42 bits per heavy atom. The average Bonchev–Trinajstić information content (AvgIpc) is 2.69. The largest absolute Gasteiger partial charge is 0.489 e. The van der Waals surface area contributed by atoms with Gasteiger partial charge in [0.05, 0.1) is 0 Å². The minimum atomic E-state index is -0.256. The normalized spacial score (nSPS) is 15.9. The molecule has 4 heteroatoms. The number of carbonyl (C=O) groups excluding carboxylic acids is 1. The number of benzene rings is 2. The van der Waals surface area contributed by atoms with Gasteiger partial charge in [0.15, 0.2) is 0 Å². The average molecular weight is 352 g/mol. The van der Waals surface area contributed by atoms with Crippen molar-refractivity contribution in [2.75, 3.05) is 5.32 Å². The number of amides is 1. The SMILES string of the molecule is C[C@H](Nc1ccc(OCc2ccccc2)cc1)C(=O)NC1CCCCC1. The third kappa shape index (κ3) is 5.51. The van der Waals surface area contributed by atoms with Crippen molar-refractivity contribution in [2.45, 2.75) is 57.7 Å². The van der Waals surface area contributed by atoms with E-state index in [1.54, 1.807) is 0 Å². The number of anilines is 1. The molecule has 0 heterocycles. The molecule has 4 nitrogen and oxygen atoms in total. The zero-order valence-corrected chi connectivity index (χ0v) is 15.4. The maximum absolute atomic E-state index is 12.3. The molecule has 1 amide bonds. The third-order valence-electron chi connectivity index (χ3n) is 4.83. The Labute approximate surface area is 156 Å². The van der Waals surface area contributed by atoms with Crippen molar-refractivity contribution < 1.29 is 9.53 Å². The van der Waals surface area contributed by atoms with E-state index in [4.69, 9.17) is 4.74 Å².